The van der Waals surface area contributed by atoms with Crippen molar-refractivity contribution in [3.05, 3.63) is 29.8 Å². The van der Waals surface area contributed by atoms with Crippen LogP contribution >= 0.6 is 12.2 Å². The van der Waals surface area contributed by atoms with Gasteiger partial charge in [-0.25, -0.2) is 0 Å². The summed E-state index contributed by atoms with van der Waals surface area (Å²) >= 11 is 4.88. The molecule has 0 aliphatic carbocycles. The zero-order valence-electron chi connectivity index (χ0n) is 9.97. The first-order valence-electron chi connectivity index (χ1n) is 5.30. The minimum absolute atomic E-state index is 0.236. The summed E-state index contributed by atoms with van der Waals surface area (Å²) in [7, 11) is 1.38. The number of nitrogens with two attached hydrogens (primary N) is 1. The number of benzene rings is 1. The minimum Gasteiger partial charge on any atom is -0.468 e. The summed E-state index contributed by atoms with van der Waals surface area (Å²) in [5.74, 6) is -0.259. The number of carbonyl (C=O) groups excluding carboxylic acids is 1. The van der Waals surface area contributed by atoms with Gasteiger partial charge in [-0.1, -0.05) is 12.2 Å². The third-order valence-corrected chi connectivity index (χ3v) is 2.68. The predicted octanol–water partition coefficient (Wildman–Crippen LogP) is 1.32. The molecule has 0 saturated carbocycles. The Labute approximate surface area is 106 Å². The number of esters is 1. The van der Waals surface area contributed by atoms with E-state index in [9.17, 15) is 4.79 Å². The highest BCUT2D eigenvalue weighted by atomic mass is 32.1. The first-order chi connectivity index (χ1) is 8.08. The molecule has 1 rings (SSSR count). The molecule has 0 aromatic heterocycles. The summed E-state index contributed by atoms with van der Waals surface area (Å²) < 4.78 is 4.64. The molecule has 0 aliphatic heterocycles. The molecule has 0 spiro atoms. The summed E-state index contributed by atoms with van der Waals surface area (Å²) in [6.07, 6.45) is 0. The molecular weight excluding hydrogens is 236 g/mol. The van der Waals surface area contributed by atoms with Crippen molar-refractivity contribution in [1.82, 2.24) is 0 Å². The topological polar surface area (TPSA) is 55.6 Å². The van der Waals surface area contributed by atoms with Gasteiger partial charge in [0.05, 0.1) is 7.11 Å². The van der Waals surface area contributed by atoms with Crippen LogP contribution in [-0.4, -0.2) is 31.2 Å². The predicted molar refractivity (Wildman–Crippen MR) is 72.2 cm³/mol. The molecule has 0 amide bonds. The fourth-order valence-electron chi connectivity index (χ4n) is 1.44. The van der Waals surface area contributed by atoms with Crippen LogP contribution in [0.4, 0.5) is 5.69 Å². The number of anilines is 1. The zero-order chi connectivity index (χ0) is 12.8. The molecule has 0 unspecified atom stereocenters. The fourth-order valence-corrected chi connectivity index (χ4v) is 1.58. The first-order valence-corrected chi connectivity index (χ1v) is 5.71. The summed E-state index contributed by atoms with van der Waals surface area (Å²) in [4.78, 5) is 13.5. The van der Waals surface area contributed by atoms with Gasteiger partial charge in [0, 0.05) is 17.8 Å². The van der Waals surface area contributed by atoms with Crippen LogP contribution in [0.5, 0.6) is 0 Å². The van der Waals surface area contributed by atoms with Crippen LogP contribution < -0.4 is 10.6 Å². The number of ether oxygens (including phenoxy) is 1. The van der Waals surface area contributed by atoms with E-state index in [1.165, 1.54) is 7.11 Å². The quantitative estimate of drug-likeness (QED) is 0.632. The average Bonchev–Trinajstić information content (AvgIpc) is 2.35. The Morgan fingerprint density at radius 2 is 2.00 bits per heavy atom. The van der Waals surface area contributed by atoms with Gasteiger partial charge in [-0.3, -0.25) is 4.79 Å². The number of hydrogen-bond acceptors (Lipinski definition) is 4. The van der Waals surface area contributed by atoms with E-state index in [0.29, 0.717) is 4.99 Å². The van der Waals surface area contributed by atoms with Gasteiger partial charge in [0.25, 0.3) is 0 Å². The number of rotatable bonds is 5. The molecule has 4 nitrogen and oxygen atoms in total. The highest BCUT2D eigenvalue weighted by molar-refractivity contribution is 7.80. The van der Waals surface area contributed by atoms with E-state index in [1.807, 2.05) is 36.1 Å². The second kappa shape index (κ2) is 6.20. The molecule has 0 radical (unpaired) electrons. The molecule has 0 aliphatic rings. The van der Waals surface area contributed by atoms with E-state index in [1.54, 1.807) is 0 Å². The number of thiocarbonyl (C=S) groups is 1. The molecule has 1 aromatic carbocycles. The minimum atomic E-state index is -0.259. The summed E-state index contributed by atoms with van der Waals surface area (Å²) in [5, 5.41) is 0. The van der Waals surface area contributed by atoms with Gasteiger partial charge >= 0.3 is 5.97 Å². The van der Waals surface area contributed by atoms with E-state index < -0.39 is 0 Å². The lowest BCUT2D eigenvalue weighted by Crippen LogP contribution is -2.30. The van der Waals surface area contributed by atoms with Crippen molar-refractivity contribution in [2.45, 2.75) is 6.92 Å². The largest absolute Gasteiger partial charge is 0.468 e. The Kier molecular flexibility index (Phi) is 4.90. The van der Waals surface area contributed by atoms with E-state index in [4.69, 9.17) is 18.0 Å². The molecular formula is C12H16N2O2S. The van der Waals surface area contributed by atoms with Crippen molar-refractivity contribution in [3.8, 4) is 0 Å². The van der Waals surface area contributed by atoms with Crippen LogP contribution in [0.2, 0.25) is 0 Å². The SMILES string of the molecule is CCN(CC(=O)OC)c1ccc(C(N)=S)cc1. The lowest BCUT2D eigenvalue weighted by atomic mass is 10.2. The molecule has 92 valence electrons. The second-order valence-electron chi connectivity index (χ2n) is 3.50. The maximum Gasteiger partial charge on any atom is 0.325 e. The lowest BCUT2D eigenvalue weighted by Gasteiger charge is -2.21. The molecule has 0 bridgehead atoms. The Morgan fingerprint density at radius 1 is 1.41 bits per heavy atom. The van der Waals surface area contributed by atoms with Crippen molar-refractivity contribution < 1.29 is 9.53 Å². The Bertz CT molecular complexity index is 403. The molecule has 0 saturated heterocycles. The molecule has 0 atom stereocenters. The zero-order valence-corrected chi connectivity index (χ0v) is 10.8. The molecule has 0 fully saturated rings. The van der Waals surface area contributed by atoms with Gasteiger partial charge in [0.15, 0.2) is 0 Å². The van der Waals surface area contributed by atoms with Crippen molar-refractivity contribution >= 4 is 28.9 Å². The molecule has 0 heterocycles. The number of nitrogens with zero attached hydrogens (tertiary/aromatic N) is 1. The second-order valence-corrected chi connectivity index (χ2v) is 3.94. The number of likely N-dealkylation sites (N-methyl/N-ethyl adjacent to an activating group) is 1. The van der Waals surface area contributed by atoms with Crippen LogP contribution in [0, 0.1) is 0 Å². The van der Waals surface area contributed by atoms with E-state index in [0.717, 1.165) is 17.8 Å². The Hall–Kier alpha value is -1.62. The maximum absolute atomic E-state index is 11.2. The van der Waals surface area contributed by atoms with Gasteiger partial charge in [-0.05, 0) is 31.2 Å². The monoisotopic (exact) mass is 252 g/mol. The van der Waals surface area contributed by atoms with Gasteiger partial charge < -0.3 is 15.4 Å². The van der Waals surface area contributed by atoms with Crippen LogP contribution in [0.1, 0.15) is 12.5 Å². The van der Waals surface area contributed by atoms with Crippen molar-refractivity contribution in [2.75, 3.05) is 25.1 Å². The van der Waals surface area contributed by atoms with Gasteiger partial charge in [-0.15, -0.1) is 0 Å². The highest BCUT2D eigenvalue weighted by Gasteiger charge is 2.09. The van der Waals surface area contributed by atoms with E-state index in [-0.39, 0.29) is 12.5 Å². The molecule has 1 aromatic rings. The standard InChI is InChI=1S/C12H16N2O2S/c1-3-14(8-11(15)16-2)10-6-4-9(5-7-10)12(13)17/h4-7H,3,8H2,1-2H3,(H2,13,17). The van der Waals surface area contributed by atoms with Crippen LogP contribution in [0.3, 0.4) is 0 Å². The van der Waals surface area contributed by atoms with Crippen molar-refractivity contribution in [3.63, 3.8) is 0 Å². The molecule has 5 heteroatoms. The Balaban J connectivity index is 2.82. The molecule has 2 N–H and O–H groups in total. The third kappa shape index (κ3) is 3.71. The number of methoxy groups -OCH3 is 1. The summed E-state index contributed by atoms with van der Waals surface area (Å²) in [6.45, 7) is 2.94. The van der Waals surface area contributed by atoms with Gasteiger partial charge in [0.2, 0.25) is 0 Å². The summed E-state index contributed by atoms with van der Waals surface area (Å²) in [5.41, 5.74) is 7.28. The van der Waals surface area contributed by atoms with Crippen molar-refractivity contribution in [2.24, 2.45) is 5.73 Å². The van der Waals surface area contributed by atoms with Gasteiger partial charge in [-0.2, -0.15) is 0 Å². The van der Waals surface area contributed by atoms with Crippen LogP contribution in [0.15, 0.2) is 24.3 Å². The Morgan fingerprint density at radius 3 is 2.41 bits per heavy atom. The van der Waals surface area contributed by atoms with Gasteiger partial charge in [0.1, 0.15) is 11.5 Å². The summed E-state index contributed by atoms with van der Waals surface area (Å²) in [6, 6.07) is 7.47. The normalized spacial score (nSPS) is 9.76. The third-order valence-electron chi connectivity index (χ3n) is 2.45. The first kappa shape index (κ1) is 13.4. The maximum atomic E-state index is 11.2. The van der Waals surface area contributed by atoms with Crippen molar-refractivity contribution in [1.29, 1.82) is 0 Å². The number of hydrogen-bond donors (Lipinski definition) is 1. The van der Waals surface area contributed by atoms with Crippen LogP contribution in [0.25, 0.3) is 0 Å². The number of carbonyl (C=O) groups is 1. The fraction of sp³-hybridized carbons (Fsp3) is 0.333. The van der Waals surface area contributed by atoms with E-state index >= 15 is 0 Å². The smallest absolute Gasteiger partial charge is 0.325 e. The van der Waals surface area contributed by atoms with Crippen LogP contribution in [-0.2, 0) is 9.53 Å². The lowest BCUT2D eigenvalue weighted by molar-refractivity contribution is -0.138. The van der Waals surface area contributed by atoms with E-state index in [2.05, 4.69) is 4.74 Å². The average molecular weight is 252 g/mol. The molecule has 17 heavy (non-hydrogen) atoms. The highest BCUT2D eigenvalue weighted by Crippen LogP contribution is 2.15.